The predicted octanol–water partition coefficient (Wildman–Crippen LogP) is 6.16. The largest absolute Gasteiger partial charge is 0.483 e. The van der Waals surface area contributed by atoms with Crippen LogP contribution in [0.2, 0.25) is 0 Å². The number of carbonyl (C=O) groups is 1. The van der Waals surface area contributed by atoms with E-state index in [-0.39, 0.29) is 17.8 Å². The van der Waals surface area contributed by atoms with Gasteiger partial charge in [-0.1, -0.05) is 61.2 Å². The normalized spacial score (nSPS) is 11.9. The lowest BCUT2D eigenvalue weighted by atomic mass is 10.1. The molecule has 0 fully saturated rings. The fraction of sp³-hybridized carbons (Fsp3) is 0.308. The van der Waals surface area contributed by atoms with Crippen LogP contribution in [0.5, 0.6) is 5.75 Å². The Balaban J connectivity index is 1.37. The molecule has 1 N–H and O–H groups in total. The molecule has 0 spiro atoms. The summed E-state index contributed by atoms with van der Waals surface area (Å²) in [6, 6.07) is 18.1. The number of nitrogens with one attached hydrogen (secondary N) is 1. The topological polar surface area (TPSA) is 81.9 Å². The van der Waals surface area contributed by atoms with E-state index < -0.39 is 0 Å². The Bertz CT molecular complexity index is 1270. The van der Waals surface area contributed by atoms with Gasteiger partial charge in [0.2, 0.25) is 5.91 Å². The molecule has 7 nitrogen and oxygen atoms in total. The monoisotopic (exact) mass is 507 g/mol. The van der Waals surface area contributed by atoms with Crippen molar-refractivity contribution in [2.24, 2.45) is 0 Å². The van der Waals surface area contributed by atoms with E-state index in [1.165, 1.54) is 28.7 Å². The maximum Gasteiger partial charge on any atom is 0.236 e. The van der Waals surface area contributed by atoms with Gasteiger partial charge in [0.25, 0.3) is 0 Å². The molecule has 2 heterocycles. The van der Waals surface area contributed by atoms with E-state index in [0.29, 0.717) is 16.8 Å². The number of amides is 1. The summed E-state index contributed by atoms with van der Waals surface area (Å²) in [5.41, 5.74) is 3.20. The number of nitrogens with zero attached hydrogens (tertiary/aromatic N) is 4. The summed E-state index contributed by atoms with van der Waals surface area (Å²) < 4.78 is 8.08. The van der Waals surface area contributed by atoms with E-state index in [1.807, 2.05) is 67.8 Å². The first-order valence-corrected chi connectivity index (χ1v) is 13.4. The number of rotatable bonds is 10. The lowest BCUT2D eigenvalue weighted by Gasteiger charge is -2.15. The first-order chi connectivity index (χ1) is 17.0. The maximum absolute atomic E-state index is 12.6. The molecule has 0 radical (unpaired) electrons. The Morgan fingerprint density at radius 2 is 1.86 bits per heavy atom. The summed E-state index contributed by atoms with van der Waals surface area (Å²) in [7, 11) is 0. The second-order valence-electron chi connectivity index (χ2n) is 7.97. The van der Waals surface area contributed by atoms with E-state index in [9.17, 15) is 4.79 Å². The van der Waals surface area contributed by atoms with Gasteiger partial charge in [-0.05, 0) is 44.9 Å². The summed E-state index contributed by atoms with van der Waals surface area (Å²) in [5, 5.41) is 12.9. The number of thiazole rings is 1. The first kappa shape index (κ1) is 24.9. The van der Waals surface area contributed by atoms with Crippen LogP contribution >= 0.6 is 23.1 Å². The summed E-state index contributed by atoms with van der Waals surface area (Å²) in [4.78, 5) is 18.3. The van der Waals surface area contributed by atoms with E-state index >= 15 is 0 Å². The van der Waals surface area contributed by atoms with Crippen molar-refractivity contribution in [3.8, 4) is 17.0 Å². The smallest absolute Gasteiger partial charge is 0.236 e. The molecule has 0 saturated heterocycles. The fourth-order valence-corrected chi connectivity index (χ4v) is 5.33. The van der Waals surface area contributed by atoms with Crippen molar-refractivity contribution < 1.29 is 9.53 Å². The molecule has 4 aromatic rings. The number of thioether (sulfide) groups is 1. The van der Waals surface area contributed by atoms with Crippen LogP contribution in [-0.2, 0) is 17.8 Å². The van der Waals surface area contributed by atoms with Crippen LogP contribution in [0.3, 0.4) is 0 Å². The molecule has 2 aromatic heterocycles. The molecule has 0 aliphatic rings. The predicted molar refractivity (Wildman–Crippen MR) is 142 cm³/mol. The molecule has 1 amide bonds. The number of carbonyl (C=O) groups excluding carboxylic acids is 1. The van der Waals surface area contributed by atoms with Crippen LogP contribution in [-0.4, -0.2) is 31.4 Å². The molecular formula is C26H29N5O2S2. The van der Waals surface area contributed by atoms with Gasteiger partial charge < -0.3 is 14.6 Å². The van der Waals surface area contributed by atoms with Gasteiger partial charge in [0, 0.05) is 17.0 Å². The van der Waals surface area contributed by atoms with Gasteiger partial charge in [-0.3, -0.25) is 4.79 Å². The molecule has 0 aliphatic heterocycles. The summed E-state index contributed by atoms with van der Waals surface area (Å²) >= 11 is 2.83. The van der Waals surface area contributed by atoms with Gasteiger partial charge in [0.05, 0.1) is 11.4 Å². The zero-order valence-corrected chi connectivity index (χ0v) is 21.9. The third kappa shape index (κ3) is 6.10. The number of anilines is 1. The number of aromatic nitrogens is 4. The first-order valence-electron chi connectivity index (χ1n) is 11.6. The Hall–Kier alpha value is -3.17. The highest BCUT2D eigenvalue weighted by Crippen LogP contribution is 2.30. The average molecular weight is 508 g/mol. The summed E-state index contributed by atoms with van der Waals surface area (Å²) in [6.07, 6.45) is 0.720. The lowest BCUT2D eigenvalue weighted by Crippen LogP contribution is -2.15. The molecule has 182 valence electrons. The van der Waals surface area contributed by atoms with E-state index in [0.717, 1.165) is 34.1 Å². The van der Waals surface area contributed by atoms with E-state index in [2.05, 4.69) is 39.6 Å². The molecule has 0 aliphatic carbocycles. The maximum atomic E-state index is 12.6. The van der Waals surface area contributed by atoms with Crippen molar-refractivity contribution >= 4 is 34.1 Å². The Morgan fingerprint density at radius 3 is 2.54 bits per heavy atom. The zero-order valence-electron chi connectivity index (χ0n) is 20.3. The highest BCUT2D eigenvalue weighted by Gasteiger charge is 2.20. The van der Waals surface area contributed by atoms with Gasteiger partial charge in [-0.15, -0.1) is 21.5 Å². The van der Waals surface area contributed by atoms with Crippen molar-refractivity contribution in [3.63, 3.8) is 0 Å². The molecular weight excluding hydrogens is 478 g/mol. The van der Waals surface area contributed by atoms with Gasteiger partial charge in [-0.2, -0.15) is 0 Å². The molecule has 4 rings (SSSR count). The highest BCUT2D eigenvalue weighted by atomic mass is 32.2. The van der Waals surface area contributed by atoms with Crippen LogP contribution in [0.4, 0.5) is 5.13 Å². The Morgan fingerprint density at radius 1 is 1.11 bits per heavy atom. The van der Waals surface area contributed by atoms with Crippen LogP contribution in [0.25, 0.3) is 11.3 Å². The van der Waals surface area contributed by atoms with Crippen LogP contribution in [0.1, 0.15) is 43.1 Å². The minimum Gasteiger partial charge on any atom is -0.483 e. The molecule has 0 unspecified atom stereocenters. The van der Waals surface area contributed by atoms with Crippen molar-refractivity contribution in [3.05, 3.63) is 70.9 Å². The standard InChI is InChI=1S/C26H29N5O2S2/c1-5-19-12-14-21(15-13-19)33-17(3)24-29-30-26(31(24)6-2)34-16-22(32)27-25-28-23(18(4)35-25)20-10-8-7-9-11-20/h7-15,17H,5-6,16H2,1-4H3,(H,27,28,32)/t17-/m0/s1. The van der Waals surface area contributed by atoms with E-state index in [1.54, 1.807) is 0 Å². The molecule has 0 saturated carbocycles. The number of ether oxygens (including phenoxy) is 1. The molecule has 2 aromatic carbocycles. The molecule has 0 bridgehead atoms. The molecule has 1 atom stereocenters. The van der Waals surface area contributed by atoms with Gasteiger partial charge in [-0.25, -0.2) is 4.98 Å². The third-order valence-corrected chi connectivity index (χ3v) is 7.35. The Labute approximate surface area is 214 Å². The third-order valence-electron chi connectivity index (χ3n) is 5.49. The van der Waals surface area contributed by atoms with Crippen molar-refractivity contribution in [2.45, 2.75) is 51.9 Å². The lowest BCUT2D eigenvalue weighted by molar-refractivity contribution is -0.113. The molecule has 35 heavy (non-hydrogen) atoms. The molecule has 9 heteroatoms. The van der Waals surface area contributed by atoms with Crippen LogP contribution < -0.4 is 10.1 Å². The zero-order chi connectivity index (χ0) is 24.8. The summed E-state index contributed by atoms with van der Waals surface area (Å²) in [5.74, 6) is 1.61. The highest BCUT2D eigenvalue weighted by molar-refractivity contribution is 7.99. The fourth-order valence-electron chi connectivity index (χ4n) is 3.66. The SMILES string of the molecule is CCc1ccc(O[C@@H](C)c2nnc(SCC(=O)Nc3nc(-c4ccccc4)c(C)s3)n2CC)cc1. The second kappa shape index (κ2) is 11.5. The van der Waals surface area contributed by atoms with Gasteiger partial charge >= 0.3 is 0 Å². The van der Waals surface area contributed by atoms with Crippen molar-refractivity contribution in [1.82, 2.24) is 19.7 Å². The van der Waals surface area contributed by atoms with Gasteiger partial charge in [0.15, 0.2) is 22.2 Å². The number of hydrogen-bond acceptors (Lipinski definition) is 7. The van der Waals surface area contributed by atoms with Crippen molar-refractivity contribution in [1.29, 1.82) is 0 Å². The van der Waals surface area contributed by atoms with Crippen molar-refractivity contribution in [2.75, 3.05) is 11.1 Å². The van der Waals surface area contributed by atoms with Crippen LogP contribution in [0, 0.1) is 6.92 Å². The number of aryl methyl sites for hydroxylation is 2. The Kier molecular flexibility index (Phi) is 8.20. The van der Waals surface area contributed by atoms with E-state index in [4.69, 9.17) is 4.74 Å². The minimum absolute atomic E-state index is 0.129. The minimum atomic E-state index is -0.271. The summed E-state index contributed by atoms with van der Waals surface area (Å²) in [6.45, 7) is 8.81. The quantitative estimate of drug-likeness (QED) is 0.259. The average Bonchev–Trinajstić information content (AvgIpc) is 3.46. The number of hydrogen-bond donors (Lipinski definition) is 1. The van der Waals surface area contributed by atoms with Crippen LogP contribution in [0.15, 0.2) is 59.8 Å². The van der Waals surface area contributed by atoms with Gasteiger partial charge in [0.1, 0.15) is 5.75 Å². The second-order valence-corrected chi connectivity index (χ2v) is 10.1. The number of benzene rings is 2.